The second-order valence-electron chi connectivity index (χ2n) is 16.9. The molecule has 0 aliphatic carbocycles. The van der Waals surface area contributed by atoms with E-state index < -0.39 is 109 Å². The van der Waals surface area contributed by atoms with Crippen LogP contribution in [0.1, 0.15) is 101 Å². The van der Waals surface area contributed by atoms with Crippen LogP contribution in [0.2, 0.25) is 0 Å². The standard InChI is InChI=1S/C41H69NO14/c1-14-30(43)53-35-22(5)26(9)52-39(47)25(8)36(55-32-17-29(48-13)37(27(10)51-32)54-31(44)15-2)23(6)34(20(3)18-41(19-49-41)38(46)24(35)7)56-40-33(45)28(42(11)12)16-21(4)50-40/h20-29,32-37,40,45H,14-19H2,1-13H3/t20-,21-,22+,23+,24+,25-,26+,27-,28-,29-,32-,33+,34-,35-,36+,37-,40-,41+/m1/s1. The smallest absolute Gasteiger partial charge is 0.311 e. The van der Waals surface area contributed by atoms with Crippen LogP contribution < -0.4 is 0 Å². The summed E-state index contributed by atoms with van der Waals surface area (Å²) in [5.41, 5.74) is -1.16. The number of aliphatic hydroxyl groups excluding tert-OH is 1. The number of nitrogens with zero attached hydrogens (tertiary/aromatic N) is 1. The molecule has 1 N–H and O–H groups in total. The van der Waals surface area contributed by atoms with Crippen LogP contribution in [0.25, 0.3) is 0 Å². The summed E-state index contributed by atoms with van der Waals surface area (Å²) in [5, 5.41) is 11.6. The molecule has 0 aromatic heterocycles. The van der Waals surface area contributed by atoms with Gasteiger partial charge in [0, 0.05) is 44.2 Å². The van der Waals surface area contributed by atoms with E-state index in [-0.39, 0.29) is 56.2 Å². The summed E-state index contributed by atoms with van der Waals surface area (Å²) in [5.74, 6) is -4.81. The minimum atomic E-state index is -1.16. The third kappa shape index (κ3) is 10.7. The first-order valence-corrected chi connectivity index (χ1v) is 20.6. The zero-order valence-corrected chi connectivity index (χ0v) is 35.8. The Hall–Kier alpha value is -2.24. The van der Waals surface area contributed by atoms with E-state index in [1.807, 2.05) is 39.8 Å². The normalized spacial score (nSPS) is 44.2. The molecule has 4 heterocycles. The number of Topliss-reactive ketones (excluding diaryl/α,β-unsaturated/α-hetero) is 1. The molecule has 0 saturated carbocycles. The quantitative estimate of drug-likeness (QED) is 0.191. The molecule has 1 spiro atoms. The number of esters is 3. The molecule has 0 aromatic carbocycles. The van der Waals surface area contributed by atoms with Crippen LogP contribution >= 0.6 is 0 Å². The fraction of sp³-hybridized carbons (Fsp3) is 0.902. The predicted octanol–water partition coefficient (Wildman–Crippen LogP) is 3.83. The molecule has 15 heteroatoms. The maximum Gasteiger partial charge on any atom is 0.311 e. The summed E-state index contributed by atoms with van der Waals surface area (Å²) >= 11 is 0. The number of hydrogen-bond donors (Lipinski definition) is 1. The zero-order chi connectivity index (χ0) is 41.8. The van der Waals surface area contributed by atoms with Crippen molar-refractivity contribution in [3.05, 3.63) is 0 Å². The number of epoxide rings is 1. The number of ketones is 1. The van der Waals surface area contributed by atoms with Gasteiger partial charge in [0.1, 0.15) is 24.4 Å². The largest absolute Gasteiger partial charge is 0.462 e. The molecular formula is C41H69NO14. The lowest BCUT2D eigenvalue weighted by Crippen LogP contribution is -2.57. The first kappa shape index (κ1) is 46.4. The Morgan fingerprint density at radius 3 is 1.96 bits per heavy atom. The van der Waals surface area contributed by atoms with E-state index in [1.54, 1.807) is 48.5 Å². The van der Waals surface area contributed by atoms with E-state index >= 15 is 0 Å². The molecule has 0 radical (unpaired) electrons. The van der Waals surface area contributed by atoms with Gasteiger partial charge in [-0.05, 0) is 60.5 Å². The van der Waals surface area contributed by atoms with Crippen molar-refractivity contribution in [3.63, 3.8) is 0 Å². The number of aliphatic hydroxyl groups is 1. The molecule has 4 rings (SSSR count). The van der Waals surface area contributed by atoms with Crippen molar-refractivity contribution in [3.8, 4) is 0 Å². The van der Waals surface area contributed by atoms with Crippen LogP contribution in [0, 0.1) is 29.6 Å². The highest BCUT2D eigenvalue weighted by molar-refractivity contribution is 5.92. The van der Waals surface area contributed by atoms with E-state index in [0.717, 1.165) is 0 Å². The molecule has 0 bridgehead atoms. The fourth-order valence-corrected chi connectivity index (χ4v) is 8.72. The average Bonchev–Trinajstić information content (AvgIpc) is 3.94. The van der Waals surface area contributed by atoms with Crippen LogP contribution in [-0.4, -0.2) is 141 Å². The van der Waals surface area contributed by atoms with Crippen molar-refractivity contribution < 1.29 is 66.9 Å². The van der Waals surface area contributed by atoms with Crippen LogP contribution in [-0.2, 0) is 61.8 Å². The van der Waals surface area contributed by atoms with Crippen molar-refractivity contribution in [1.29, 1.82) is 0 Å². The van der Waals surface area contributed by atoms with Gasteiger partial charge in [0.25, 0.3) is 0 Å². The van der Waals surface area contributed by atoms with Gasteiger partial charge in [0.15, 0.2) is 30.1 Å². The van der Waals surface area contributed by atoms with Crippen molar-refractivity contribution in [2.45, 2.75) is 181 Å². The zero-order valence-electron chi connectivity index (χ0n) is 35.8. The van der Waals surface area contributed by atoms with E-state index in [1.165, 1.54) is 7.11 Å². The lowest BCUT2D eigenvalue weighted by Gasteiger charge is -2.46. The third-order valence-electron chi connectivity index (χ3n) is 12.4. The lowest BCUT2D eigenvalue weighted by atomic mass is 9.76. The molecule has 4 fully saturated rings. The van der Waals surface area contributed by atoms with Gasteiger partial charge in [0.2, 0.25) is 0 Å². The maximum atomic E-state index is 14.4. The van der Waals surface area contributed by atoms with Crippen LogP contribution in [0.15, 0.2) is 0 Å². The SMILES string of the molecule is CCC(=O)O[C@@H]1[C@@H](C)[C@H](C)OC(=O)[C@H](C)[C@@H](O[C@@H]2C[C@@H](OC)[C@H](OC(=O)CC)[C@@H](C)O2)[C@@H](C)[C@H](O[C@H]2O[C@H](C)C[C@@H](N(C)C)[C@@H]2O)[C@H](C)C[C@]2(CO2)C(=O)[C@H]1C. The number of ether oxygens (including phenoxy) is 9. The minimum absolute atomic E-state index is 0.111. The molecule has 0 amide bonds. The van der Waals surface area contributed by atoms with Crippen molar-refractivity contribution in [2.75, 3.05) is 27.8 Å². The number of rotatable bonds is 10. The van der Waals surface area contributed by atoms with Gasteiger partial charge in [-0.3, -0.25) is 19.2 Å². The summed E-state index contributed by atoms with van der Waals surface area (Å²) in [6.07, 6.45) is -6.94. The van der Waals surface area contributed by atoms with Crippen molar-refractivity contribution >= 4 is 23.7 Å². The number of likely N-dealkylation sites (N-methyl/N-ethyl adjacent to an activating group) is 1. The Morgan fingerprint density at radius 1 is 0.804 bits per heavy atom. The fourth-order valence-electron chi connectivity index (χ4n) is 8.72. The van der Waals surface area contributed by atoms with Gasteiger partial charge in [-0.1, -0.05) is 41.5 Å². The van der Waals surface area contributed by atoms with Gasteiger partial charge in [-0.25, -0.2) is 0 Å². The number of hydrogen-bond acceptors (Lipinski definition) is 15. The summed E-state index contributed by atoms with van der Waals surface area (Å²) in [4.78, 5) is 55.5. The Morgan fingerprint density at radius 2 is 1.41 bits per heavy atom. The Kier molecular flexibility index (Phi) is 16.3. The lowest BCUT2D eigenvalue weighted by molar-refractivity contribution is -0.299. The molecule has 18 atom stereocenters. The number of methoxy groups -OCH3 is 1. The van der Waals surface area contributed by atoms with E-state index in [9.17, 15) is 24.3 Å². The molecule has 322 valence electrons. The summed E-state index contributed by atoms with van der Waals surface area (Å²) in [7, 11) is 5.32. The maximum absolute atomic E-state index is 14.4. The average molecular weight is 800 g/mol. The molecule has 4 aliphatic heterocycles. The molecule has 0 aromatic rings. The summed E-state index contributed by atoms with van der Waals surface area (Å²) < 4.78 is 55.7. The Bertz CT molecular complexity index is 1340. The highest BCUT2D eigenvalue weighted by atomic mass is 16.7. The predicted molar refractivity (Wildman–Crippen MR) is 202 cm³/mol. The van der Waals surface area contributed by atoms with Crippen molar-refractivity contribution in [1.82, 2.24) is 4.90 Å². The molecule has 56 heavy (non-hydrogen) atoms. The van der Waals surface area contributed by atoms with Gasteiger partial charge < -0.3 is 52.6 Å². The highest BCUT2D eigenvalue weighted by Gasteiger charge is 2.58. The van der Waals surface area contributed by atoms with E-state index in [2.05, 4.69) is 0 Å². The van der Waals surface area contributed by atoms with Crippen LogP contribution in [0.5, 0.6) is 0 Å². The highest BCUT2D eigenvalue weighted by Crippen LogP contribution is 2.44. The van der Waals surface area contributed by atoms with Crippen LogP contribution in [0.4, 0.5) is 0 Å². The molecule has 15 nitrogen and oxygen atoms in total. The molecule has 0 unspecified atom stereocenters. The van der Waals surface area contributed by atoms with Crippen molar-refractivity contribution in [2.24, 2.45) is 29.6 Å². The van der Waals surface area contributed by atoms with Gasteiger partial charge >= 0.3 is 17.9 Å². The topological polar surface area (TPSA) is 178 Å². The number of carbonyl (C=O) groups is 4. The summed E-state index contributed by atoms with van der Waals surface area (Å²) in [6, 6.07) is -0.251. The Labute approximate surface area is 333 Å². The first-order valence-electron chi connectivity index (χ1n) is 20.6. The Balaban J connectivity index is 1.77. The first-order chi connectivity index (χ1) is 26.3. The molecular weight excluding hydrogens is 730 g/mol. The number of cyclic esters (lactones) is 1. The van der Waals surface area contributed by atoms with E-state index in [0.29, 0.717) is 6.42 Å². The molecule has 4 aliphatic rings. The van der Waals surface area contributed by atoms with E-state index in [4.69, 9.17) is 42.6 Å². The van der Waals surface area contributed by atoms with Crippen LogP contribution in [0.3, 0.4) is 0 Å². The second kappa shape index (κ2) is 19.7. The monoisotopic (exact) mass is 799 g/mol. The van der Waals surface area contributed by atoms with Gasteiger partial charge in [-0.2, -0.15) is 0 Å². The van der Waals surface area contributed by atoms with Gasteiger partial charge in [0.05, 0.1) is 42.9 Å². The number of carbonyl (C=O) groups excluding carboxylic acids is 4. The second-order valence-corrected chi connectivity index (χ2v) is 16.9. The molecule has 4 saturated heterocycles. The third-order valence-corrected chi connectivity index (χ3v) is 12.4. The summed E-state index contributed by atoms with van der Waals surface area (Å²) in [6.45, 7) is 18.1. The minimum Gasteiger partial charge on any atom is -0.462 e. The van der Waals surface area contributed by atoms with Gasteiger partial charge in [-0.15, -0.1) is 0 Å².